The van der Waals surface area contributed by atoms with E-state index in [1.165, 1.54) is 59.6 Å². The molecule has 2 aromatic rings. The molecule has 2 rings (SSSR count). The van der Waals surface area contributed by atoms with Gasteiger partial charge in [0, 0.05) is 12.1 Å². The van der Waals surface area contributed by atoms with Crippen molar-refractivity contribution in [3.8, 4) is 23.0 Å². The third-order valence-corrected chi connectivity index (χ3v) is 4.70. The van der Waals surface area contributed by atoms with Gasteiger partial charge in [0.15, 0.2) is 28.8 Å². The maximum absolute atomic E-state index is 12.7. The number of methoxy groups -OCH3 is 4. The molecular weight excluding hydrogens is 449 g/mol. The predicted octanol–water partition coefficient (Wildman–Crippen LogP) is 4.71. The standard InChI is InChI=1S/C20H21Cl2N3O6/c1-10(26)17(25-24-14-9-16(29-3)15(28-2)8-12(14)22)20(27)23-13-7-6-11(21)18(30-4)19(13)31-5/h6-9,17H,1-5H3,(H,23,27). The zero-order chi connectivity index (χ0) is 23.1. The minimum absolute atomic E-state index is 0.198. The Hall–Kier alpha value is -3.04. The fourth-order valence-corrected chi connectivity index (χ4v) is 3.01. The van der Waals surface area contributed by atoms with Gasteiger partial charge in [0.2, 0.25) is 6.04 Å². The number of rotatable bonds is 9. The van der Waals surface area contributed by atoms with E-state index in [9.17, 15) is 9.59 Å². The SMILES string of the molecule is COc1cc(Cl)c(N=NC(C(C)=O)C(=O)Nc2ccc(Cl)c(OC)c2OC)cc1OC. The van der Waals surface area contributed by atoms with Crippen molar-refractivity contribution in [2.45, 2.75) is 13.0 Å². The van der Waals surface area contributed by atoms with E-state index in [1.54, 1.807) is 0 Å². The number of benzene rings is 2. The Morgan fingerprint density at radius 3 is 2.06 bits per heavy atom. The van der Waals surface area contributed by atoms with E-state index in [0.29, 0.717) is 16.5 Å². The molecule has 0 aliphatic heterocycles. The molecule has 0 saturated carbocycles. The van der Waals surface area contributed by atoms with Crippen LogP contribution in [-0.4, -0.2) is 46.2 Å². The van der Waals surface area contributed by atoms with Crippen LogP contribution in [0.2, 0.25) is 10.0 Å². The largest absolute Gasteiger partial charge is 0.493 e. The highest BCUT2D eigenvalue weighted by Gasteiger charge is 2.25. The Labute approximate surface area is 189 Å². The van der Waals surface area contributed by atoms with Gasteiger partial charge in [-0.15, -0.1) is 0 Å². The topological polar surface area (TPSA) is 108 Å². The molecule has 1 amide bonds. The van der Waals surface area contributed by atoms with Crippen LogP contribution >= 0.6 is 23.2 Å². The number of nitrogens with zero attached hydrogens (tertiary/aromatic N) is 2. The lowest BCUT2D eigenvalue weighted by Gasteiger charge is -2.16. The predicted molar refractivity (Wildman–Crippen MR) is 117 cm³/mol. The van der Waals surface area contributed by atoms with Crippen LogP contribution in [0, 0.1) is 0 Å². The molecule has 0 aromatic heterocycles. The molecule has 0 bridgehead atoms. The lowest BCUT2D eigenvalue weighted by Crippen LogP contribution is -2.32. The van der Waals surface area contributed by atoms with Crippen LogP contribution in [-0.2, 0) is 9.59 Å². The number of halogens is 2. The summed E-state index contributed by atoms with van der Waals surface area (Å²) in [5, 5.41) is 10.9. The summed E-state index contributed by atoms with van der Waals surface area (Å²) in [6.45, 7) is 1.22. The highest BCUT2D eigenvalue weighted by molar-refractivity contribution is 6.33. The summed E-state index contributed by atoms with van der Waals surface area (Å²) in [6.07, 6.45) is 0. The molecule has 1 atom stereocenters. The molecule has 0 heterocycles. The summed E-state index contributed by atoms with van der Waals surface area (Å²) in [4.78, 5) is 24.8. The smallest absolute Gasteiger partial charge is 0.258 e. The van der Waals surface area contributed by atoms with Gasteiger partial charge in [0.05, 0.1) is 44.2 Å². The number of ether oxygens (including phenoxy) is 4. The van der Waals surface area contributed by atoms with E-state index >= 15 is 0 Å². The van der Waals surface area contributed by atoms with Crippen LogP contribution in [0.25, 0.3) is 0 Å². The first kappa shape index (κ1) is 24.2. The van der Waals surface area contributed by atoms with Gasteiger partial charge in [-0.1, -0.05) is 23.2 Å². The average Bonchev–Trinajstić information content (AvgIpc) is 2.75. The Morgan fingerprint density at radius 1 is 0.903 bits per heavy atom. The summed E-state index contributed by atoms with van der Waals surface area (Å²) in [5.41, 5.74) is 0.448. The molecule has 166 valence electrons. The first-order valence-corrected chi connectivity index (χ1v) is 9.57. The van der Waals surface area contributed by atoms with Crippen molar-refractivity contribution in [3.63, 3.8) is 0 Å². The van der Waals surface area contributed by atoms with Crippen molar-refractivity contribution in [2.24, 2.45) is 10.2 Å². The van der Waals surface area contributed by atoms with Gasteiger partial charge in [0.25, 0.3) is 5.91 Å². The quantitative estimate of drug-likeness (QED) is 0.420. The number of hydrogen-bond donors (Lipinski definition) is 1. The Bertz CT molecular complexity index is 1010. The van der Waals surface area contributed by atoms with Gasteiger partial charge in [0.1, 0.15) is 5.69 Å². The van der Waals surface area contributed by atoms with E-state index in [-0.39, 0.29) is 27.9 Å². The fraction of sp³-hybridized carbons (Fsp3) is 0.300. The number of carbonyl (C=O) groups is 2. The molecule has 2 aromatic carbocycles. The van der Waals surface area contributed by atoms with Gasteiger partial charge in [-0.2, -0.15) is 10.2 Å². The van der Waals surface area contributed by atoms with E-state index < -0.39 is 17.7 Å². The van der Waals surface area contributed by atoms with E-state index in [1.807, 2.05) is 0 Å². The maximum Gasteiger partial charge on any atom is 0.258 e. The van der Waals surface area contributed by atoms with E-state index in [4.69, 9.17) is 42.1 Å². The third kappa shape index (κ3) is 5.56. The average molecular weight is 470 g/mol. The fourth-order valence-electron chi connectivity index (χ4n) is 2.59. The number of azo groups is 1. The van der Waals surface area contributed by atoms with Crippen LogP contribution in [0.5, 0.6) is 23.0 Å². The van der Waals surface area contributed by atoms with Crippen molar-refractivity contribution in [2.75, 3.05) is 33.8 Å². The Kier molecular flexibility index (Phi) is 8.47. The lowest BCUT2D eigenvalue weighted by molar-refractivity contribution is -0.126. The van der Waals surface area contributed by atoms with Gasteiger partial charge in [-0.3, -0.25) is 9.59 Å². The second kappa shape index (κ2) is 10.8. The zero-order valence-corrected chi connectivity index (χ0v) is 19.0. The molecule has 9 nitrogen and oxygen atoms in total. The molecule has 0 saturated heterocycles. The lowest BCUT2D eigenvalue weighted by atomic mass is 10.2. The van der Waals surface area contributed by atoms with Crippen molar-refractivity contribution in [3.05, 3.63) is 34.3 Å². The van der Waals surface area contributed by atoms with Gasteiger partial charge >= 0.3 is 0 Å². The first-order chi connectivity index (χ1) is 14.8. The van der Waals surface area contributed by atoms with Crippen molar-refractivity contribution >= 4 is 46.3 Å². The Balaban J connectivity index is 2.34. The van der Waals surface area contributed by atoms with Crippen LogP contribution in [0.4, 0.5) is 11.4 Å². The number of Topliss-reactive ketones (excluding diaryl/α,β-unsaturated/α-hetero) is 1. The highest BCUT2D eigenvalue weighted by atomic mass is 35.5. The van der Waals surface area contributed by atoms with Crippen molar-refractivity contribution in [1.82, 2.24) is 0 Å². The summed E-state index contributed by atoms with van der Waals surface area (Å²) in [5.74, 6) is -0.0577. The van der Waals surface area contributed by atoms with Crippen molar-refractivity contribution < 1.29 is 28.5 Å². The summed E-state index contributed by atoms with van der Waals surface area (Å²) >= 11 is 12.3. The minimum Gasteiger partial charge on any atom is -0.493 e. The third-order valence-electron chi connectivity index (χ3n) is 4.10. The van der Waals surface area contributed by atoms with Crippen LogP contribution in [0.15, 0.2) is 34.5 Å². The number of amides is 1. The minimum atomic E-state index is -1.43. The van der Waals surface area contributed by atoms with Gasteiger partial charge in [-0.25, -0.2) is 0 Å². The van der Waals surface area contributed by atoms with E-state index in [2.05, 4.69) is 15.5 Å². The number of nitrogens with one attached hydrogen (secondary N) is 1. The van der Waals surface area contributed by atoms with E-state index in [0.717, 1.165) is 0 Å². The number of ketones is 1. The molecule has 11 heteroatoms. The molecular formula is C20H21Cl2N3O6. The van der Waals surface area contributed by atoms with Crippen LogP contribution in [0.3, 0.4) is 0 Å². The van der Waals surface area contributed by atoms with Gasteiger partial charge in [-0.05, 0) is 19.1 Å². The summed E-state index contributed by atoms with van der Waals surface area (Å²) in [6, 6.07) is 4.57. The number of anilines is 1. The van der Waals surface area contributed by atoms with Crippen LogP contribution < -0.4 is 24.3 Å². The molecule has 1 N–H and O–H groups in total. The highest BCUT2D eigenvalue weighted by Crippen LogP contribution is 2.41. The molecule has 0 aliphatic carbocycles. The van der Waals surface area contributed by atoms with Gasteiger partial charge < -0.3 is 24.3 Å². The summed E-state index contributed by atoms with van der Waals surface area (Å²) in [7, 11) is 5.72. The molecule has 0 radical (unpaired) electrons. The number of hydrogen-bond acceptors (Lipinski definition) is 8. The second-order valence-electron chi connectivity index (χ2n) is 6.04. The maximum atomic E-state index is 12.7. The first-order valence-electron chi connectivity index (χ1n) is 8.81. The second-order valence-corrected chi connectivity index (χ2v) is 6.85. The molecule has 0 aliphatic rings. The Morgan fingerprint density at radius 2 is 1.52 bits per heavy atom. The molecule has 0 fully saturated rings. The molecule has 1 unspecified atom stereocenters. The molecule has 31 heavy (non-hydrogen) atoms. The monoisotopic (exact) mass is 469 g/mol. The van der Waals surface area contributed by atoms with Crippen molar-refractivity contribution in [1.29, 1.82) is 0 Å². The normalized spacial score (nSPS) is 11.7. The summed E-state index contributed by atoms with van der Waals surface area (Å²) < 4.78 is 20.8. The number of carbonyl (C=O) groups excluding carboxylic acids is 2. The van der Waals surface area contributed by atoms with Crippen LogP contribution in [0.1, 0.15) is 6.92 Å². The zero-order valence-electron chi connectivity index (χ0n) is 17.5. The molecule has 0 spiro atoms.